The van der Waals surface area contributed by atoms with Crippen molar-refractivity contribution in [3.05, 3.63) is 155 Å². The molecule has 1 saturated heterocycles. The molecule has 0 spiro atoms. The lowest BCUT2D eigenvalue weighted by atomic mass is 9.91. The van der Waals surface area contributed by atoms with Gasteiger partial charge in [-0.3, -0.25) is 0 Å². The topological polar surface area (TPSA) is 122 Å². The molecule has 1 fully saturated rings. The SMILES string of the molecule is C[C@@H]1[C@H](CSc2ccc(C(=O)O)cc2)O[C@H](c2cccc(-c3cccc(CNS(=O)(=O)c4ccccc4)c3)c2)O[C@@H]1c1ccc(CO)cc1. The number of rotatable bonds is 12. The number of carbonyl (C=O) groups is 1. The molecule has 0 aromatic heterocycles. The van der Waals surface area contributed by atoms with Gasteiger partial charge in [-0.15, -0.1) is 11.8 Å². The molecule has 0 saturated carbocycles. The van der Waals surface area contributed by atoms with Crippen molar-refractivity contribution in [2.45, 2.75) is 48.4 Å². The van der Waals surface area contributed by atoms with Crippen molar-refractivity contribution < 1.29 is 32.9 Å². The monoisotopic (exact) mass is 695 g/mol. The minimum absolute atomic E-state index is 0.0125. The Morgan fingerprint density at radius 3 is 2.16 bits per heavy atom. The van der Waals surface area contributed by atoms with Gasteiger partial charge in [0.2, 0.25) is 10.0 Å². The third-order valence-electron chi connectivity index (χ3n) is 8.58. The summed E-state index contributed by atoms with van der Waals surface area (Å²) in [6.07, 6.45) is -1.15. The summed E-state index contributed by atoms with van der Waals surface area (Å²) in [5.41, 5.74) is 5.57. The van der Waals surface area contributed by atoms with Gasteiger partial charge in [-0.25, -0.2) is 17.9 Å². The number of nitrogens with one attached hydrogen (secondary N) is 1. The molecule has 8 nitrogen and oxygen atoms in total. The highest BCUT2D eigenvalue weighted by Crippen LogP contribution is 2.43. The Morgan fingerprint density at radius 2 is 1.47 bits per heavy atom. The van der Waals surface area contributed by atoms with Gasteiger partial charge >= 0.3 is 5.97 Å². The van der Waals surface area contributed by atoms with Crippen LogP contribution in [0.3, 0.4) is 0 Å². The maximum Gasteiger partial charge on any atom is 0.335 e. The Kier molecular flexibility index (Phi) is 10.9. The molecule has 252 valence electrons. The summed E-state index contributed by atoms with van der Waals surface area (Å²) in [5.74, 6) is -0.349. The number of aliphatic hydroxyl groups is 1. The predicted octanol–water partition coefficient (Wildman–Crippen LogP) is 7.61. The van der Waals surface area contributed by atoms with Crippen LogP contribution >= 0.6 is 11.8 Å². The van der Waals surface area contributed by atoms with E-state index >= 15 is 0 Å². The zero-order valence-corrected chi connectivity index (χ0v) is 28.4. The van der Waals surface area contributed by atoms with Gasteiger partial charge in [0.25, 0.3) is 0 Å². The number of carboxylic acids is 1. The van der Waals surface area contributed by atoms with Crippen LogP contribution in [0.1, 0.15) is 51.9 Å². The molecular weight excluding hydrogens is 659 g/mol. The van der Waals surface area contributed by atoms with Crippen LogP contribution in [0.2, 0.25) is 0 Å². The van der Waals surface area contributed by atoms with E-state index in [1.165, 1.54) is 0 Å². The lowest BCUT2D eigenvalue weighted by Gasteiger charge is -2.41. The van der Waals surface area contributed by atoms with Crippen LogP contribution in [0.5, 0.6) is 0 Å². The highest BCUT2D eigenvalue weighted by Gasteiger charge is 2.38. The summed E-state index contributed by atoms with van der Waals surface area (Å²) in [7, 11) is -3.65. The average Bonchev–Trinajstić information content (AvgIpc) is 3.14. The molecule has 49 heavy (non-hydrogen) atoms. The maximum atomic E-state index is 12.8. The quantitative estimate of drug-likeness (QED) is 0.114. The van der Waals surface area contributed by atoms with E-state index in [9.17, 15) is 23.4 Å². The van der Waals surface area contributed by atoms with E-state index in [1.54, 1.807) is 54.2 Å². The van der Waals surface area contributed by atoms with Crippen molar-refractivity contribution in [3.63, 3.8) is 0 Å². The Balaban J connectivity index is 1.23. The molecule has 0 radical (unpaired) electrons. The van der Waals surface area contributed by atoms with E-state index in [1.807, 2.05) is 84.9 Å². The number of carboxylic acid groups (broad SMARTS) is 1. The zero-order chi connectivity index (χ0) is 34.4. The molecule has 5 aromatic rings. The van der Waals surface area contributed by atoms with Crippen LogP contribution in [0, 0.1) is 5.92 Å². The standard InChI is InChI=1S/C39H37NO7S2/c1-26-36(25-48-34-19-17-30(18-20-34)38(42)43)46-39(47-37(26)29-15-13-27(24-41)14-16-29)33-10-6-9-32(22-33)31-8-5-7-28(21-31)23-40-49(44,45)35-11-3-2-4-12-35/h2-22,26,36-37,39-41H,23-25H2,1H3,(H,42,43)/t26-,36+,37+,39+/m1/s1. The Bertz CT molecular complexity index is 1980. The first-order valence-electron chi connectivity index (χ1n) is 15.9. The van der Waals surface area contributed by atoms with Crippen molar-refractivity contribution >= 4 is 27.8 Å². The molecule has 3 N–H and O–H groups in total. The second kappa shape index (κ2) is 15.5. The van der Waals surface area contributed by atoms with E-state index in [0.29, 0.717) is 5.75 Å². The second-order valence-corrected chi connectivity index (χ2v) is 14.8. The summed E-state index contributed by atoms with van der Waals surface area (Å²) in [6.45, 7) is 2.21. The normalized spacial score (nSPS) is 19.4. The first-order valence-corrected chi connectivity index (χ1v) is 18.4. The molecular formula is C39H37NO7S2. The number of aromatic carboxylic acids is 1. The Labute approximate surface area is 290 Å². The van der Waals surface area contributed by atoms with Gasteiger partial charge in [0.15, 0.2) is 6.29 Å². The largest absolute Gasteiger partial charge is 0.478 e. The van der Waals surface area contributed by atoms with Gasteiger partial charge in [0, 0.05) is 28.7 Å². The number of sulfonamides is 1. The van der Waals surface area contributed by atoms with Crippen LogP contribution in [0.4, 0.5) is 0 Å². The van der Waals surface area contributed by atoms with Gasteiger partial charge in [-0.05, 0) is 76.3 Å². The third kappa shape index (κ3) is 8.48. The lowest BCUT2D eigenvalue weighted by molar-refractivity contribution is -0.268. The van der Waals surface area contributed by atoms with Crippen LogP contribution < -0.4 is 4.72 Å². The van der Waals surface area contributed by atoms with E-state index < -0.39 is 22.3 Å². The van der Waals surface area contributed by atoms with Crippen molar-refractivity contribution in [2.75, 3.05) is 5.75 Å². The van der Waals surface area contributed by atoms with E-state index in [0.717, 1.165) is 38.3 Å². The van der Waals surface area contributed by atoms with Gasteiger partial charge in [-0.2, -0.15) is 0 Å². The molecule has 1 aliphatic heterocycles. The highest BCUT2D eigenvalue weighted by atomic mass is 32.2. The zero-order valence-electron chi connectivity index (χ0n) is 26.8. The van der Waals surface area contributed by atoms with Crippen molar-refractivity contribution in [3.8, 4) is 11.1 Å². The number of aliphatic hydroxyl groups excluding tert-OH is 1. The summed E-state index contributed by atoms with van der Waals surface area (Å²) in [6, 6.07) is 38.6. The molecule has 1 heterocycles. The van der Waals surface area contributed by atoms with E-state index in [-0.39, 0.29) is 41.7 Å². The van der Waals surface area contributed by atoms with Crippen LogP contribution in [0.15, 0.2) is 137 Å². The van der Waals surface area contributed by atoms with Crippen LogP contribution in [-0.2, 0) is 32.6 Å². The molecule has 1 aliphatic rings. The van der Waals surface area contributed by atoms with Crippen molar-refractivity contribution in [1.82, 2.24) is 4.72 Å². The van der Waals surface area contributed by atoms with Gasteiger partial charge in [-0.1, -0.05) is 85.8 Å². The Morgan fingerprint density at radius 1 is 0.776 bits per heavy atom. The average molecular weight is 696 g/mol. The Hall–Kier alpha value is -4.29. The van der Waals surface area contributed by atoms with Crippen molar-refractivity contribution in [1.29, 1.82) is 0 Å². The van der Waals surface area contributed by atoms with Gasteiger partial charge in [0.05, 0.1) is 29.3 Å². The first-order chi connectivity index (χ1) is 23.7. The summed E-state index contributed by atoms with van der Waals surface area (Å²) >= 11 is 1.60. The van der Waals surface area contributed by atoms with E-state index in [2.05, 4.69) is 11.6 Å². The van der Waals surface area contributed by atoms with Crippen LogP contribution in [-0.4, -0.2) is 36.5 Å². The molecule has 10 heteroatoms. The second-order valence-electron chi connectivity index (χ2n) is 11.9. The fourth-order valence-corrected chi connectivity index (χ4v) is 7.88. The summed E-state index contributed by atoms with van der Waals surface area (Å²) in [5, 5.41) is 18.9. The number of benzene rings is 5. The molecule has 0 amide bonds. The van der Waals surface area contributed by atoms with E-state index in [4.69, 9.17) is 9.47 Å². The lowest BCUT2D eigenvalue weighted by Crippen LogP contribution is -2.38. The summed E-state index contributed by atoms with van der Waals surface area (Å²) < 4.78 is 41.6. The third-order valence-corrected chi connectivity index (χ3v) is 11.1. The molecule has 4 atom stereocenters. The highest BCUT2D eigenvalue weighted by molar-refractivity contribution is 7.99. The number of hydrogen-bond donors (Lipinski definition) is 3. The number of ether oxygens (including phenoxy) is 2. The minimum Gasteiger partial charge on any atom is -0.478 e. The molecule has 6 rings (SSSR count). The molecule has 5 aromatic carbocycles. The van der Waals surface area contributed by atoms with Crippen LogP contribution in [0.25, 0.3) is 11.1 Å². The fourth-order valence-electron chi connectivity index (χ4n) is 5.77. The first kappa shape index (κ1) is 34.6. The van der Waals surface area contributed by atoms with Gasteiger partial charge < -0.3 is 19.7 Å². The predicted molar refractivity (Wildman–Crippen MR) is 189 cm³/mol. The minimum atomic E-state index is -3.65. The van der Waals surface area contributed by atoms with Crippen molar-refractivity contribution in [2.24, 2.45) is 5.92 Å². The van der Waals surface area contributed by atoms with Gasteiger partial charge in [0.1, 0.15) is 0 Å². The molecule has 0 bridgehead atoms. The maximum absolute atomic E-state index is 12.8. The number of hydrogen-bond acceptors (Lipinski definition) is 7. The smallest absolute Gasteiger partial charge is 0.335 e. The fraction of sp³-hybridized carbons (Fsp3) is 0.205. The number of thioether (sulfide) groups is 1. The molecule has 0 unspecified atom stereocenters. The molecule has 0 aliphatic carbocycles. The summed E-state index contributed by atoms with van der Waals surface area (Å²) in [4.78, 5) is 12.5.